The highest BCUT2D eigenvalue weighted by Crippen LogP contribution is 2.27. The lowest BCUT2D eigenvalue weighted by Gasteiger charge is -2.30. The molecule has 1 aliphatic carbocycles. The number of benzene rings is 1. The Bertz CT molecular complexity index is 647. The topological polar surface area (TPSA) is 50.1 Å². The molecule has 1 unspecified atom stereocenters. The van der Waals surface area contributed by atoms with Gasteiger partial charge in [-0.1, -0.05) is 11.6 Å². The Morgan fingerprint density at radius 2 is 2.09 bits per heavy atom. The van der Waals surface area contributed by atoms with Gasteiger partial charge in [-0.15, -0.1) is 0 Å². The van der Waals surface area contributed by atoms with Crippen LogP contribution in [0.2, 0.25) is 5.02 Å². The monoisotopic (exact) mass is 321 g/mol. The first kappa shape index (κ1) is 15.8. The number of hydrogen-bond donors (Lipinski definition) is 2. The van der Waals surface area contributed by atoms with Crippen molar-refractivity contribution in [1.29, 1.82) is 0 Å². The molecule has 1 aromatic carbocycles. The Hall–Kier alpha value is -1.10. The van der Waals surface area contributed by atoms with E-state index in [4.69, 9.17) is 16.6 Å². The summed E-state index contributed by atoms with van der Waals surface area (Å²) < 4.78 is 2.14. The summed E-state index contributed by atoms with van der Waals surface area (Å²) >= 11 is 6.06. The number of hydrogen-bond acceptors (Lipinski definition) is 3. The average molecular weight is 322 g/mol. The molecule has 0 bridgehead atoms. The first-order valence-electron chi connectivity index (χ1n) is 8.07. The van der Waals surface area contributed by atoms with Crippen LogP contribution in [-0.2, 0) is 7.05 Å². The van der Waals surface area contributed by atoms with Crippen molar-refractivity contribution in [3.63, 3.8) is 0 Å². The van der Waals surface area contributed by atoms with E-state index in [1.165, 1.54) is 0 Å². The number of aliphatic hydroxyl groups is 1. The second-order valence-corrected chi connectivity index (χ2v) is 6.89. The molecule has 0 amide bonds. The van der Waals surface area contributed by atoms with Crippen molar-refractivity contribution < 1.29 is 5.11 Å². The van der Waals surface area contributed by atoms with Gasteiger partial charge < -0.3 is 15.0 Å². The SMILES string of the molecule is CC(NC1CCC(CO)CC1)c1nc2cc(Cl)ccc2n1C. The first-order chi connectivity index (χ1) is 10.6. The fourth-order valence-corrected chi connectivity index (χ4v) is 3.69. The van der Waals surface area contributed by atoms with Crippen molar-refractivity contribution in [1.82, 2.24) is 14.9 Å². The predicted molar refractivity (Wildman–Crippen MR) is 90.1 cm³/mol. The van der Waals surface area contributed by atoms with Gasteiger partial charge in [0.05, 0.1) is 17.1 Å². The zero-order chi connectivity index (χ0) is 15.7. The van der Waals surface area contributed by atoms with Crippen LogP contribution in [0.4, 0.5) is 0 Å². The van der Waals surface area contributed by atoms with Crippen LogP contribution in [-0.4, -0.2) is 27.3 Å². The highest BCUT2D eigenvalue weighted by molar-refractivity contribution is 6.31. The molecule has 3 rings (SSSR count). The molecule has 22 heavy (non-hydrogen) atoms. The van der Waals surface area contributed by atoms with Crippen LogP contribution in [0, 0.1) is 5.92 Å². The second kappa shape index (κ2) is 6.57. The molecule has 1 heterocycles. The van der Waals surface area contributed by atoms with Crippen LogP contribution >= 0.6 is 11.6 Å². The van der Waals surface area contributed by atoms with E-state index in [9.17, 15) is 5.11 Å². The second-order valence-electron chi connectivity index (χ2n) is 6.45. The average Bonchev–Trinajstić information content (AvgIpc) is 2.84. The van der Waals surface area contributed by atoms with Crippen molar-refractivity contribution in [2.24, 2.45) is 13.0 Å². The standard InChI is InChI=1S/C17H24ClN3O/c1-11(19-14-6-3-12(10-22)4-7-14)17-20-15-9-13(18)5-8-16(15)21(17)2/h5,8-9,11-12,14,19,22H,3-4,6-7,10H2,1-2H3. The Balaban J connectivity index is 1.72. The number of halogens is 1. The third-order valence-corrected chi connectivity index (χ3v) is 5.09. The summed E-state index contributed by atoms with van der Waals surface area (Å²) in [7, 11) is 2.05. The molecule has 1 aliphatic rings. The summed E-state index contributed by atoms with van der Waals surface area (Å²) in [5.74, 6) is 1.53. The quantitative estimate of drug-likeness (QED) is 0.907. The maximum Gasteiger partial charge on any atom is 0.126 e. The van der Waals surface area contributed by atoms with Gasteiger partial charge in [-0.3, -0.25) is 0 Å². The van der Waals surface area contributed by atoms with Crippen molar-refractivity contribution in [2.45, 2.75) is 44.7 Å². The molecule has 0 saturated heterocycles. The molecule has 2 N–H and O–H groups in total. The molecule has 1 saturated carbocycles. The Labute approximate surface area is 136 Å². The van der Waals surface area contributed by atoms with Gasteiger partial charge in [0.1, 0.15) is 5.82 Å². The first-order valence-corrected chi connectivity index (χ1v) is 8.45. The summed E-state index contributed by atoms with van der Waals surface area (Å²) in [6.07, 6.45) is 4.48. The largest absolute Gasteiger partial charge is 0.396 e. The molecule has 2 aromatic rings. The zero-order valence-electron chi connectivity index (χ0n) is 13.2. The Kier molecular flexibility index (Phi) is 4.71. The minimum Gasteiger partial charge on any atom is -0.396 e. The van der Waals surface area contributed by atoms with E-state index in [0.717, 1.165) is 47.6 Å². The highest BCUT2D eigenvalue weighted by Gasteiger charge is 2.23. The number of rotatable bonds is 4. The van der Waals surface area contributed by atoms with Crippen LogP contribution in [0.1, 0.15) is 44.5 Å². The number of imidazole rings is 1. The van der Waals surface area contributed by atoms with Gasteiger partial charge in [0.25, 0.3) is 0 Å². The summed E-state index contributed by atoms with van der Waals surface area (Å²) in [6.45, 7) is 2.49. The molecule has 0 aliphatic heterocycles. The minimum atomic E-state index is 0.201. The molecule has 5 heteroatoms. The summed E-state index contributed by atoms with van der Waals surface area (Å²) in [4.78, 5) is 4.75. The van der Waals surface area contributed by atoms with Crippen molar-refractivity contribution in [3.8, 4) is 0 Å². The van der Waals surface area contributed by atoms with Gasteiger partial charge in [0.2, 0.25) is 0 Å². The number of nitrogens with one attached hydrogen (secondary N) is 1. The lowest BCUT2D eigenvalue weighted by Crippen LogP contribution is -2.36. The Morgan fingerprint density at radius 1 is 1.36 bits per heavy atom. The maximum atomic E-state index is 9.23. The van der Waals surface area contributed by atoms with Gasteiger partial charge in [0.15, 0.2) is 0 Å². The van der Waals surface area contributed by atoms with E-state index in [1.807, 2.05) is 18.2 Å². The molecule has 120 valence electrons. The molecular formula is C17H24ClN3O. The number of aliphatic hydroxyl groups excluding tert-OH is 1. The van der Waals surface area contributed by atoms with Gasteiger partial charge in [-0.2, -0.15) is 0 Å². The zero-order valence-corrected chi connectivity index (χ0v) is 14.0. The lowest BCUT2D eigenvalue weighted by atomic mass is 9.86. The molecule has 1 atom stereocenters. The number of fused-ring (bicyclic) bond motifs is 1. The van der Waals surface area contributed by atoms with E-state index in [1.54, 1.807) is 0 Å². The molecule has 1 aromatic heterocycles. The van der Waals surface area contributed by atoms with Gasteiger partial charge in [-0.05, 0) is 56.7 Å². The van der Waals surface area contributed by atoms with E-state index >= 15 is 0 Å². The van der Waals surface area contributed by atoms with Crippen molar-refractivity contribution >= 4 is 22.6 Å². The van der Waals surface area contributed by atoms with Crippen LogP contribution < -0.4 is 5.32 Å². The van der Waals surface area contributed by atoms with Crippen LogP contribution in [0.3, 0.4) is 0 Å². The van der Waals surface area contributed by atoms with Crippen LogP contribution in [0.15, 0.2) is 18.2 Å². The van der Waals surface area contributed by atoms with E-state index in [2.05, 4.69) is 23.9 Å². The maximum absolute atomic E-state index is 9.23. The summed E-state index contributed by atoms with van der Waals surface area (Å²) in [6, 6.07) is 6.56. The minimum absolute atomic E-state index is 0.201. The molecule has 0 spiro atoms. The molecule has 4 nitrogen and oxygen atoms in total. The smallest absolute Gasteiger partial charge is 0.126 e. The summed E-state index contributed by atoms with van der Waals surface area (Å²) in [5.41, 5.74) is 2.06. The normalized spacial score (nSPS) is 23.8. The van der Waals surface area contributed by atoms with Crippen molar-refractivity contribution in [2.75, 3.05) is 6.61 Å². The van der Waals surface area contributed by atoms with E-state index in [0.29, 0.717) is 18.6 Å². The highest BCUT2D eigenvalue weighted by atomic mass is 35.5. The fraction of sp³-hybridized carbons (Fsp3) is 0.588. The molecule has 1 fully saturated rings. The third kappa shape index (κ3) is 3.14. The number of aryl methyl sites for hydroxylation is 1. The summed E-state index contributed by atoms with van der Waals surface area (Å²) in [5, 5.41) is 13.7. The Morgan fingerprint density at radius 3 is 2.77 bits per heavy atom. The van der Waals surface area contributed by atoms with Crippen molar-refractivity contribution in [3.05, 3.63) is 29.0 Å². The van der Waals surface area contributed by atoms with Crippen LogP contribution in [0.5, 0.6) is 0 Å². The lowest BCUT2D eigenvalue weighted by molar-refractivity contribution is 0.172. The van der Waals surface area contributed by atoms with Gasteiger partial charge >= 0.3 is 0 Å². The molecule has 0 radical (unpaired) electrons. The van der Waals surface area contributed by atoms with E-state index in [-0.39, 0.29) is 6.04 Å². The predicted octanol–water partition coefficient (Wildman–Crippen LogP) is 3.43. The third-order valence-electron chi connectivity index (χ3n) is 4.86. The fourth-order valence-electron chi connectivity index (χ4n) is 3.52. The number of aromatic nitrogens is 2. The molecular weight excluding hydrogens is 298 g/mol. The van der Waals surface area contributed by atoms with Crippen LogP contribution in [0.25, 0.3) is 11.0 Å². The number of nitrogens with zero attached hydrogens (tertiary/aromatic N) is 2. The van der Waals surface area contributed by atoms with Gasteiger partial charge in [0, 0.05) is 24.7 Å². The van der Waals surface area contributed by atoms with Gasteiger partial charge in [-0.25, -0.2) is 4.98 Å². The van der Waals surface area contributed by atoms with E-state index < -0.39 is 0 Å².